The molecule has 0 aromatic rings. The fourth-order valence-electron chi connectivity index (χ4n) is 2.29. The second-order valence-corrected chi connectivity index (χ2v) is 5.24. The Labute approximate surface area is 116 Å². The Morgan fingerprint density at radius 2 is 2.17 bits per heavy atom. The molecule has 1 saturated heterocycles. The molecule has 0 aromatic heterocycles. The summed E-state index contributed by atoms with van der Waals surface area (Å²) in [6.07, 6.45) is 5.45. The number of nitrogens with one attached hydrogen (secondary N) is 1. The normalized spacial score (nSPS) is 23.6. The average molecular weight is 277 g/mol. The first-order chi connectivity index (χ1) is 8.29. The summed E-state index contributed by atoms with van der Waals surface area (Å²) in [6.45, 7) is 3.22. The van der Waals surface area contributed by atoms with Gasteiger partial charge in [0.1, 0.15) is 0 Å². The smallest absolute Gasteiger partial charge is 0.224 e. The van der Waals surface area contributed by atoms with E-state index in [1.807, 2.05) is 11.9 Å². The van der Waals surface area contributed by atoms with E-state index in [1.165, 1.54) is 19.3 Å². The van der Waals surface area contributed by atoms with E-state index in [4.69, 9.17) is 4.74 Å². The lowest BCUT2D eigenvalue weighted by Gasteiger charge is -2.32. The molecule has 1 aliphatic heterocycles. The van der Waals surface area contributed by atoms with E-state index in [9.17, 15) is 4.79 Å². The minimum atomic E-state index is 0. The molecule has 1 N–H and O–H groups in total. The standard InChI is InChI=1S/C13H24N2O2.ClH/c1-14-12-3-2-7-15(9-12)13(16)6-8-17-10-11-4-5-11;/h11-12,14H,2-10H2,1H3;1H. The van der Waals surface area contributed by atoms with Gasteiger partial charge in [-0.1, -0.05) is 0 Å². The van der Waals surface area contributed by atoms with Crippen molar-refractivity contribution in [3.63, 3.8) is 0 Å². The molecule has 2 rings (SSSR count). The van der Waals surface area contributed by atoms with Crippen LogP contribution in [0.2, 0.25) is 0 Å². The summed E-state index contributed by atoms with van der Waals surface area (Å²) in [7, 11) is 1.97. The van der Waals surface area contributed by atoms with Gasteiger partial charge < -0.3 is 15.0 Å². The van der Waals surface area contributed by atoms with Gasteiger partial charge in [0.15, 0.2) is 0 Å². The number of halogens is 1. The van der Waals surface area contributed by atoms with Crippen LogP contribution >= 0.6 is 12.4 Å². The molecule has 0 radical (unpaired) electrons. The summed E-state index contributed by atoms with van der Waals surface area (Å²) < 4.78 is 5.51. The maximum absolute atomic E-state index is 11.9. The lowest BCUT2D eigenvalue weighted by Crippen LogP contribution is -2.47. The van der Waals surface area contributed by atoms with Gasteiger partial charge in [-0.2, -0.15) is 0 Å². The van der Waals surface area contributed by atoms with E-state index in [2.05, 4.69) is 5.32 Å². The van der Waals surface area contributed by atoms with Crippen molar-refractivity contribution in [3.05, 3.63) is 0 Å². The highest BCUT2D eigenvalue weighted by Gasteiger charge is 2.23. The maximum atomic E-state index is 11.9. The van der Waals surface area contributed by atoms with Gasteiger partial charge in [0.05, 0.1) is 13.0 Å². The highest BCUT2D eigenvalue weighted by atomic mass is 35.5. The molecule has 1 saturated carbocycles. The van der Waals surface area contributed by atoms with E-state index in [-0.39, 0.29) is 18.3 Å². The number of hydrogen-bond donors (Lipinski definition) is 1. The summed E-state index contributed by atoms with van der Waals surface area (Å²) in [4.78, 5) is 13.9. The van der Waals surface area contributed by atoms with Crippen molar-refractivity contribution in [1.29, 1.82) is 0 Å². The van der Waals surface area contributed by atoms with Crippen molar-refractivity contribution in [2.45, 2.75) is 38.1 Å². The van der Waals surface area contributed by atoms with Gasteiger partial charge in [-0.05, 0) is 38.6 Å². The summed E-state index contributed by atoms with van der Waals surface area (Å²) in [6, 6.07) is 0.472. The van der Waals surface area contributed by atoms with E-state index in [1.54, 1.807) is 0 Å². The first-order valence-electron chi connectivity index (χ1n) is 6.82. The topological polar surface area (TPSA) is 41.6 Å². The van der Waals surface area contributed by atoms with Gasteiger partial charge >= 0.3 is 0 Å². The summed E-state index contributed by atoms with van der Waals surface area (Å²) in [5.41, 5.74) is 0. The number of nitrogens with zero attached hydrogens (tertiary/aromatic N) is 1. The fraction of sp³-hybridized carbons (Fsp3) is 0.923. The third-order valence-electron chi connectivity index (χ3n) is 3.69. The van der Waals surface area contributed by atoms with Crippen LogP contribution in [0.3, 0.4) is 0 Å². The Kier molecular flexibility index (Phi) is 6.97. The Balaban J connectivity index is 0.00000162. The Bertz CT molecular complexity index is 259. The lowest BCUT2D eigenvalue weighted by atomic mass is 10.1. The summed E-state index contributed by atoms with van der Waals surface area (Å²) in [5, 5.41) is 3.25. The molecule has 1 amide bonds. The predicted molar refractivity (Wildman–Crippen MR) is 74.1 cm³/mol. The molecule has 4 nitrogen and oxygen atoms in total. The summed E-state index contributed by atoms with van der Waals surface area (Å²) >= 11 is 0. The van der Waals surface area contributed by atoms with Crippen LogP contribution in [0, 0.1) is 5.92 Å². The molecule has 106 valence electrons. The molecule has 1 unspecified atom stereocenters. The SMILES string of the molecule is CNC1CCCN(C(=O)CCOCC2CC2)C1.Cl. The van der Waals surface area contributed by atoms with E-state index >= 15 is 0 Å². The molecule has 1 aliphatic carbocycles. The maximum Gasteiger partial charge on any atom is 0.224 e. The molecule has 1 atom stereocenters. The number of carbonyl (C=O) groups excluding carboxylic acids is 1. The number of ether oxygens (including phenoxy) is 1. The van der Waals surface area contributed by atoms with Crippen molar-refractivity contribution in [2.75, 3.05) is 33.4 Å². The van der Waals surface area contributed by atoms with E-state index in [0.717, 1.165) is 32.0 Å². The molecular formula is C13H25ClN2O2. The molecule has 18 heavy (non-hydrogen) atoms. The van der Waals surface area contributed by atoms with Gasteiger partial charge in [-0.15, -0.1) is 12.4 Å². The minimum Gasteiger partial charge on any atom is -0.381 e. The van der Waals surface area contributed by atoms with Crippen molar-refractivity contribution in [1.82, 2.24) is 10.2 Å². The van der Waals surface area contributed by atoms with Gasteiger partial charge in [-0.25, -0.2) is 0 Å². The van der Waals surface area contributed by atoms with Crippen LogP contribution in [0.5, 0.6) is 0 Å². The Morgan fingerprint density at radius 3 is 2.83 bits per heavy atom. The second kappa shape index (κ2) is 7.97. The highest BCUT2D eigenvalue weighted by Crippen LogP contribution is 2.28. The molecule has 0 bridgehead atoms. The average Bonchev–Trinajstić information content (AvgIpc) is 3.18. The third-order valence-corrected chi connectivity index (χ3v) is 3.69. The van der Waals surface area contributed by atoms with Crippen molar-refractivity contribution < 1.29 is 9.53 Å². The van der Waals surface area contributed by atoms with Crippen molar-refractivity contribution >= 4 is 18.3 Å². The van der Waals surface area contributed by atoms with Gasteiger partial charge in [0.25, 0.3) is 0 Å². The molecule has 5 heteroatoms. The zero-order valence-electron chi connectivity index (χ0n) is 11.2. The van der Waals surface area contributed by atoms with Crippen LogP contribution in [-0.2, 0) is 9.53 Å². The van der Waals surface area contributed by atoms with E-state index in [0.29, 0.717) is 19.1 Å². The molecule has 0 spiro atoms. The molecule has 2 aliphatic rings. The number of carbonyl (C=O) groups is 1. The van der Waals surface area contributed by atoms with Crippen LogP contribution in [0.1, 0.15) is 32.1 Å². The number of amides is 1. The molecule has 1 heterocycles. The van der Waals surface area contributed by atoms with Crippen molar-refractivity contribution in [2.24, 2.45) is 5.92 Å². The van der Waals surface area contributed by atoms with Crippen LogP contribution in [0.25, 0.3) is 0 Å². The van der Waals surface area contributed by atoms with Gasteiger partial charge in [0, 0.05) is 25.7 Å². The fourth-order valence-corrected chi connectivity index (χ4v) is 2.29. The van der Waals surface area contributed by atoms with Crippen LogP contribution in [0.15, 0.2) is 0 Å². The number of hydrogen-bond acceptors (Lipinski definition) is 3. The van der Waals surface area contributed by atoms with Crippen LogP contribution in [0.4, 0.5) is 0 Å². The minimum absolute atomic E-state index is 0. The lowest BCUT2D eigenvalue weighted by molar-refractivity contribution is -0.133. The molecular weight excluding hydrogens is 252 g/mol. The molecule has 0 aromatic carbocycles. The zero-order valence-corrected chi connectivity index (χ0v) is 12.0. The highest BCUT2D eigenvalue weighted by molar-refractivity contribution is 5.85. The molecule has 2 fully saturated rings. The van der Waals surface area contributed by atoms with E-state index < -0.39 is 0 Å². The second-order valence-electron chi connectivity index (χ2n) is 5.24. The summed E-state index contributed by atoms with van der Waals surface area (Å²) in [5.74, 6) is 1.04. The largest absolute Gasteiger partial charge is 0.381 e. The van der Waals surface area contributed by atoms with Gasteiger partial charge in [-0.3, -0.25) is 4.79 Å². The predicted octanol–water partition coefficient (Wildman–Crippen LogP) is 1.44. The zero-order chi connectivity index (χ0) is 12.1. The third kappa shape index (κ3) is 5.12. The Hall–Kier alpha value is -0.320. The van der Waals surface area contributed by atoms with Crippen molar-refractivity contribution in [3.8, 4) is 0 Å². The monoisotopic (exact) mass is 276 g/mol. The number of likely N-dealkylation sites (N-methyl/N-ethyl adjacent to an activating group) is 1. The first-order valence-corrected chi connectivity index (χ1v) is 6.82. The number of rotatable bonds is 6. The number of piperidine rings is 1. The van der Waals surface area contributed by atoms with Crippen LogP contribution < -0.4 is 5.32 Å². The first kappa shape index (κ1) is 15.7. The number of likely N-dealkylation sites (tertiary alicyclic amines) is 1. The Morgan fingerprint density at radius 1 is 1.39 bits per heavy atom. The van der Waals surface area contributed by atoms with Gasteiger partial charge in [0.2, 0.25) is 5.91 Å². The quantitative estimate of drug-likeness (QED) is 0.747. The van der Waals surface area contributed by atoms with Crippen LogP contribution in [-0.4, -0.2) is 50.2 Å².